The van der Waals surface area contributed by atoms with E-state index in [1.165, 1.54) is 22.1 Å². The molecule has 1 saturated heterocycles. The van der Waals surface area contributed by atoms with Crippen molar-refractivity contribution in [3.05, 3.63) is 58.1 Å². The van der Waals surface area contributed by atoms with E-state index in [2.05, 4.69) is 4.74 Å². The third-order valence-electron chi connectivity index (χ3n) is 3.74. The standard InChI is InChI=1S/C16H12Cl2F3NO3S2/c17-10-1-6-13(14(18)9-10)15-22(7-8-26-15)27(23,24)12-4-2-11(3-5-12)25-16(19,20)21/h1-6,9,15H,7-8H2. The lowest BCUT2D eigenvalue weighted by Gasteiger charge is -2.24. The summed E-state index contributed by atoms with van der Waals surface area (Å²) in [5, 5.41) is 0.225. The molecule has 0 aromatic heterocycles. The molecule has 3 rings (SSSR count). The second-order valence-corrected chi connectivity index (χ2v) is 9.45. The first-order valence-corrected chi connectivity index (χ1v) is 10.8. The van der Waals surface area contributed by atoms with E-state index in [-0.39, 0.29) is 11.4 Å². The first-order chi connectivity index (χ1) is 12.6. The zero-order valence-corrected chi connectivity index (χ0v) is 16.6. The van der Waals surface area contributed by atoms with Crippen LogP contribution in [0, 0.1) is 0 Å². The molecule has 0 saturated carbocycles. The van der Waals surface area contributed by atoms with E-state index < -0.39 is 27.5 Å². The number of sulfonamides is 1. The van der Waals surface area contributed by atoms with Crippen LogP contribution in [0.1, 0.15) is 10.9 Å². The molecule has 4 nitrogen and oxygen atoms in total. The summed E-state index contributed by atoms with van der Waals surface area (Å²) in [5.41, 5.74) is 0.601. The maximum absolute atomic E-state index is 13.0. The molecule has 146 valence electrons. The minimum atomic E-state index is -4.84. The molecule has 2 aromatic carbocycles. The average Bonchev–Trinajstić information content (AvgIpc) is 3.04. The molecule has 0 aliphatic carbocycles. The van der Waals surface area contributed by atoms with Crippen LogP contribution < -0.4 is 4.74 Å². The molecule has 1 atom stereocenters. The third kappa shape index (κ3) is 4.65. The van der Waals surface area contributed by atoms with Crippen molar-refractivity contribution in [3.63, 3.8) is 0 Å². The van der Waals surface area contributed by atoms with E-state index in [0.717, 1.165) is 24.3 Å². The van der Waals surface area contributed by atoms with E-state index in [1.807, 2.05) is 0 Å². The Morgan fingerprint density at radius 2 is 1.78 bits per heavy atom. The van der Waals surface area contributed by atoms with E-state index in [9.17, 15) is 21.6 Å². The lowest BCUT2D eigenvalue weighted by atomic mass is 10.2. The first kappa shape index (κ1) is 20.6. The van der Waals surface area contributed by atoms with Gasteiger partial charge in [-0.1, -0.05) is 29.3 Å². The summed E-state index contributed by atoms with van der Waals surface area (Å²) in [7, 11) is -3.94. The summed E-state index contributed by atoms with van der Waals surface area (Å²) in [4.78, 5) is -0.130. The van der Waals surface area contributed by atoms with Crippen LogP contribution in [-0.4, -0.2) is 31.4 Å². The highest BCUT2D eigenvalue weighted by Crippen LogP contribution is 2.44. The van der Waals surface area contributed by atoms with Crippen LogP contribution in [0.3, 0.4) is 0 Å². The molecule has 1 fully saturated rings. The van der Waals surface area contributed by atoms with Crippen molar-refractivity contribution in [2.45, 2.75) is 16.6 Å². The molecule has 2 aromatic rings. The summed E-state index contributed by atoms with van der Waals surface area (Å²) in [6, 6.07) is 8.92. The molecule has 1 aliphatic heterocycles. The lowest BCUT2D eigenvalue weighted by molar-refractivity contribution is -0.274. The molecule has 0 bridgehead atoms. The number of alkyl halides is 3. The number of ether oxygens (including phenoxy) is 1. The Hall–Kier alpha value is -1.13. The molecule has 0 N–H and O–H groups in total. The van der Waals surface area contributed by atoms with Crippen molar-refractivity contribution in [1.29, 1.82) is 0 Å². The van der Waals surface area contributed by atoms with Gasteiger partial charge in [-0.2, -0.15) is 4.31 Å². The third-order valence-corrected chi connectivity index (χ3v) is 7.56. The highest BCUT2D eigenvalue weighted by atomic mass is 35.5. The monoisotopic (exact) mass is 457 g/mol. The van der Waals surface area contributed by atoms with Crippen molar-refractivity contribution in [2.24, 2.45) is 0 Å². The quantitative estimate of drug-likeness (QED) is 0.622. The van der Waals surface area contributed by atoms with Gasteiger partial charge in [0.05, 0.1) is 10.3 Å². The number of hydrogen-bond donors (Lipinski definition) is 0. The van der Waals surface area contributed by atoms with Crippen molar-refractivity contribution >= 4 is 45.0 Å². The summed E-state index contributed by atoms with van der Waals surface area (Å²) in [5.74, 6) is 0.0625. The van der Waals surface area contributed by atoms with Crippen LogP contribution in [0.2, 0.25) is 10.0 Å². The Kier molecular flexibility index (Phi) is 5.88. The van der Waals surface area contributed by atoms with Crippen LogP contribution in [0.5, 0.6) is 5.75 Å². The average molecular weight is 458 g/mol. The van der Waals surface area contributed by atoms with Gasteiger partial charge in [0.25, 0.3) is 0 Å². The minimum Gasteiger partial charge on any atom is -0.406 e. The second kappa shape index (κ2) is 7.71. The van der Waals surface area contributed by atoms with Crippen molar-refractivity contribution in [2.75, 3.05) is 12.3 Å². The van der Waals surface area contributed by atoms with Gasteiger partial charge in [0.1, 0.15) is 5.75 Å². The van der Waals surface area contributed by atoms with Crippen LogP contribution in [0.25, 0.3) is 0 Å². The van der Waals surface area contributed by atoms with Gasteiger partial charge < -0.3 is 4.74 Å². The molecule has 0 amide bonds. The molecule has 1 unspecified atom stereocenters. The van der Waals surface area contributed by atoms with Crippen molar-refractivity contribution < 1.29 is 26.3 Å². The smallest absolute Gasteiger partial charge is 0.406 e. The largest absolute Gasteiger partial charge is 0.573 e. The first-order valence-electron chi connectivity index (χ1n) is 7.52. The Balaban J connectivity index is 1.89. The molecular formula is C16H12Cl2F3NO3S2. The van der Waals surface area contributed by atoms with Gasteiger partial charge >= 0.3 is 6.36 Å². The number of hydrogen-bond acceptors (Lipinski definition) is 4. The summed E-state index contributed by atoms with van der Waals surface area (Å²) < 4.78 is 67.7. The fourth-order valence-corrected chi connectivity index (χ4v) is 6.44. The zero-order chi connectivity index (χ0) is 19.8. The van der Waals surface area contributed by atoms with E-state index in [1.54, 1.807) is 12.1 Å². The maximum atomic E-state index is 13.0. The van der Waals surface area contributed by atoms with Crippen molar-refractivity contribution in [3.8, 4) is 5.75 Å². The maximum Gasteiger partial charge on any atom is 0.573 e. The SMILES string of the molecule is O=S(=O)(c1ccc(OC(F)(F)F)cc1)N1CCSC1c1ccc(Cl)cc1Cl. The molecule has 0 radical (unpaired) electrons. The molecular weight excluding hydrogens is 446 g/mol. The number of thioether (sulfide) groups is 1. The van der Waals surface area contributed by atoms with Crippen LogP contribution in [-0.2, 0) is 10.0 Å². The summed E-state index contributed by atoms with van der Waals surface area (Å²) >= 11 is 13.5. The van der Waals surface area contributed by atoms with Crippen molar-refractivity contribution in [1.82, 2.24) is 4.31 Å². The summed E-state index contributed by atoms with van der Waals surface area (Å²) in [6.07, 6.45) is -4.84. The van der Waals surface area contributed by atoms with E-state index >= 15 is 0 Å². The number of nitrogens with zero attached hydrogens (tertiary/aromatic N) is 1. The van der Waals surface area contributed by atoms with E-state index in [0.29, 0.717) is 21.4 Å². The predicted octanol–water partition coefficient (Wildman–Crippen LogP) is 5.33. The molecule has 1 aliphatic rings. The molecule has 1 heterocycles. The highest BCUT2D eigenvalue weighted by molar-refractivity contribution is 8.01. The molecule has 27 heavy (non-hydrogen) atoms. The Morgan fingerprint density at radius 1 is 1.11 bits per heavy atom. The topological polar surface area (TPSA) is 46.6 Å². The fraction of sp³-hybridized carbons (Fsp3) is 0.250. The normalized spacial score (nSPS) is 18.6. The van der Waals surface area contributed by atoms with Gasteiger partial charge in [-0.3, -0.25) is 0 Å². The molecule has 0 spiro atoms. The van der Waals surface area contributed by atoms with Gasteiger partial charge in [0, 0.05) is 22.3 Å². The number of benzene rings is 2. The lowest BCUT2D eigenvalue weighted by Crippen LogP contribution is -2.30. The van der Waals surface area contributed by atoms with Gasteiger partial charge in [-0.05, 0) is 42.0 Å². The molecule has 11 heteroatoms. The minimum absolute atomic E-state index is 0.130. The fourth-order valence-electron chi connectivity index (χ4n) is 2.60. The Bertz CT molecular complexity index is 937. The van der Waals surface area contributed by atoms with Gasteiger partial charge in [0.15, 0.2) is 0 Å². The Labute approximate surface area is 168 Å². The predicted molar refractivity (Wildman–Crippen MR) is 98.7 cm³/mol. The Morgan fingerprint density at radius 3 is 2.37 bits per heavy atom. The van der Waals surface area contributed by atoms with Crippen LogP contribution in [0.15, 0.2) is 47.4 Å². The number of rotatable bonds is 4. The van der Waals surface area contributed by atoms with Crippen LogP contribution >= 0.6 is 35.0 Å². The van der Waals surface area contributed by atoms with Crippen LogP contribution in [0.4, 0.5) is 13.2 Å². The van der Waals surface area contributed by atoms with E-state index in [4.69, 9.17) is 23.2 Å². The van der Waals surface area contributed by atoms with Gasteiger partial charge in [0.2, 0.25) is 10.0 Å². The highest BCUT2D eigenvalue weighted by Gasteiger charge is 2.38. The second-order valence-electron chi connectivity index (χ2n) is 5.52. The number of halogens is 5. The zero-order valence-electron chi connectivity index (χ0n) is 13.4. The van der Waals surface area contributed by atoms with Gasteiger partial charge in [-0.15, -0.1) is 24.9 Å². The van der Waals surface area contributed by atoms with Gasteiger partial charge in [-0.25, -0.2) is 8.42 Å². The summed E-state index contributed by atoms with van der Waals surface area (Å²) in [6.45, 7) is 0.247.